The molecule has 1 aliphatic heterocycles. The van der Waals surface area contributed by atoms with Crippen LogP contribution in [-0.4, -0.2) is 67.0 Å². The fraction of sp³-hybridized carbons (Fsp3) is 0.565. The Morgan fingerprint density at radius 2 is 1.72 bits per heavy atom. The first kappa shape index (κ1) is 23.6. The van der Waals surface area contributed by atoms with Crippen LogP contribution >= 0.6 is 23.2 Å². The third kappa shape index (κ3) is 5.16. The Kier molecular flexibility index (Phi) is 6.91. The summed E-state index contributed by atoms with van der Waals surface area (Å²) in [6, 6.07) is 6.50. The minimum absolute atomic E-state index is 0.0688. The van der Waals surface area contributed by atoms with Crippen molar-refractivity contribution in [2.45, 2.75) is 45.3 Å². The number of fused-ring (bicyclic) bond motifs is 1. The van der Waals surface area contributed by atoms with E-state index in [9.17, 15) is 9.59 Å². The zero-order valence-electron chi connectivity index (χ0n) is 19.0. The summed E-state index contributed by atoms with van der Waals surface area (Å²) in [7, 11) is -1.21. The molecule has 4 rings (SSSR count). The molecule has 2 heterocycles. The number of ether oxygens (including phenoxy) is 1. The summed E-state index contributed by atoms with van der Waals surface area (Å²) in [5.41, 5.74) is 1.37. The molecule has 0 atom stereocenters. The number of halogens is 2. The van der Waals surface area contributed by atoms with Crippen molar-refractivity contribution < 1.29 is 14.3 Å². The molecular formula is C23H31Cl2N3O3Si. The number of carbonyl (C=O) groups excluding carboxylic acids is 2. The third-order valence-electron chi connectivity index (χ3n) is 6.21. The van der Waals surface area contributed by atoms with E-state index < -0.39 is 8.07 Å². The largest absolute Gasteiger partial charge is 0.361 e. The molecule has 2 fully saturated rings. The highest BCUT2D eigenvalue weighted by Gasteiger charge is 2.35. The Balaban J connectivity index is 1.53. The lowest BCUT2D eigenvalue weighted by atomic mass is 10.2. The first-order valence-electron chi connectivity index (χ1n) is 11.3. The van der Waals surface area contributed by atoms with Crippen molar-refractivity contribution in [1.82, 2.24) is 14.4 Å². The second-order valence-electron chi connectivity index (χ2n) is 9.99. The second kappa shape index (κ2) is 9.37. The highest BCUT2D eigenvalue weighted by molar-refractivity contribution is 6.76. The van der Waals surface area contributed by atoms with Crippen LogP contribution in [0.2, 0.25) is 35.7 Å². The van der Waals surface area contributed by atoms with Crippen molar-refractivity contribution in [3.05, 3.63) is 33.9 Å². The molecule has 2 aromatic rings. The Morgan fingerprint density at radius 1 is 1.06 bits per heavy atom. The van der Waals surface area contributed by atoms with Gasteiger partial charge in [0.1, 0.15) is 12.4 Å². The first-order valence-corrected chi connectivity index (χ1v) is 15.7. The summed E-state index contributed by atoms with van der Waals surface area (Å²) < 4.78 is 7.88. The maximum Gasteiger partial charge on any atom is 0.270 e. The lowest BCUT2D eigenvalue weighted by Crippen LogP contribution is -2.51. The number of hydrogen-bond acceptors (Lipinski definition) is 3. The highest BCUT2D eigenvalue weighted by atomic mass is 35.5. The maximum atomic E-state index is 13.5. The predicted octanol–water partition coefficient (Wildman–Crippen LogP) is 4.95. The molecule has 2 amide bonds. The number of piperazine rings is 1. The lowest BCUT2D eigenvalue weighted by Gasteiger charge is -2.35. The third-order valence-corrected chi connectivity index (χ3v) is 8.74. The number of amides is 2. The standard InChI is InChI=1S/C23H31Cl2N3O3Si/c1-32(2,3)13-12-31-15-28-19-7-6-18(24)21(25)17(19)14-20(28)23(30)27-10-8-26(9-11-27)22(29)16-4-5-16/h6-7,14,16H,4-5,8-13,15H2,1-3H3. The monoisotopic (exact) mass is 495 g/mol. The van der Waals surface area contributed by atoms with E-state index in [2.05, 4.69) is 19.6 Å². The van der Waals surface area contributed by atoms with Crippen LogP contribution in [0, 0.1) is 5.92 Å². The molecule has 32 heavy (non-hydrogen) atoms. The second-order valence-corrected chi connectivity index (χ2v) is 16.4. The molecule has 174 valence electrons. The van der Waals surface area contributed by atoms with Crippen LogP contribution in [0.15, 0.2) is 18.2 Å². The Hall–Kier alpha value is -1.54. The fourth-order valence-electron chi connectivity index (χ4n) is 4.00. The van der Waals surface area contributed by atoms with Gasteiger partial charge in [0.2, 0.25) is 5.91 Å². The van der Waals surface area contributed by atoms with E-state index in [1.165, 1.54) is 0 Å². The van der Waals surface area contributed by atoms with Crippen LogP contribution in [0.4, 0.5) is 0 Å². The van der Waals surface area contributed by atoms with Crippen LogP contribution in [0.3, 0.4) is 0 Å². The van der Waals surface area contributed by atoms with E-state index in [0.29, 0.717) is 48.5 Å². The summed E-state index contributed by atoms with van der Waals surface area (Å²) in [6.07, 6.45) is 2.00. The quantitative estimate of drug-likeness (QED) is 0.403. The molecular weight excluding hydrogens is 465 g/mol. The minimum atomic E-state index is -1.21. The number of carbonyl (C=O) groups is 2. The maximum absolute atomic E-state index is 13.5. The normalized spacial score (nSPS) is 17.3. The van der Waals surface area contributed by atoms with Gasteiger partial charge in [-0.3, -0.25) is 9.59 Å². The van der Waals surface area contributed by atoms with Crippen LogP contribution < -0.4 is 0 Å². The van der Waals surface area contributed by atoms with Gasteiger partial charge in [0.15, 0.2) is 0 Å². The van der Waals surface area contributed by atoms with Gasteiger partial charge < -0.3 is 19.1 Å². The van der Waals surface area contributed by atoms with Crippen LogP contribution in [-0.2, 0) is 16.3 Å². The van der Waals surface area contributed by atoms with E-state index in [0.717, 1.165) is 29.8 Å². The Bertz CT molecular complexity index is 1020. The number of hydrogen-bond donors (Lipinski definition) is 0. The van der Waals surface area contributed by atoms with Crippen LogP contribution in [0.5, 0.6) is 0 Å². The van der Waals surface area contributed by atoms with Gasteiger partial charge in [-0.2, -0.15) is 0 Å². The van der Waals surface area contributed by atoms with Gasteiger partial charge in [0.05, 0.1) is 15.6 Å². The molecule has 0 spiro atoms. The van der Waals surface area contributed by atoms with Crippen molar-refractivity contribution in [3.63, 3.8) is 0 Å². The summed E-state index contributed by atoms with van der Waals surface area (Å²) in [5, 5.41) is 1.65. The highest BCUT2D eigenvalue weighted by Crippen LogP contribution is 2.34. The van der Waals surface area contributed by atoms with Gasteiger partial charge in [-0.05, 0) is 37.1 Å². The average Bonchev–Trinajstić information content (AvgIpc) is 3.54. The summed E-state index contributed by atoms with van der Waals surface area (Å²) >= 11 is 12.7. The fourth-order valence-corrected chi connectivity index (χ4v) is 5.14. The lowest BCUT2D eigenvalue weighted by molar-refractivity contribution is -0.134. The first-order chi connectivity index (χ1) is 15.2. The summed E-state index contributed by atoms with van der Waals surface area (Å²) in [6.45, 7) is 10.1. The van der Waals surface area contributed by atoms with Gasteiger partial charge in [-0.15, -0.1) is 0 Å². The topological polar surface area (TPSA) is 54.8 Å². The molecule has 1 aromatic heterocycles. The Labute approximate surface area is 200 Å². The van der Waals surface area contributed by atoms with Crippen molar-refractivity contribution in [3.8, 4) is 0 Å². The van der Waals surface area contributed by atoms with Gasteiger partial charge in [0, 0.05) is 52.2 Å². The van der Waals surface area contributed by atoms with Gasteiger partial charge in [-0.25, -0.2) is 0 Å². The van der Waals surface area contributed by atoms with Crippen LogP contribution in [0.25, 0.3) is 10.9 Å². The van der Waals surface area contributed by atoms with E-state index in [4.69, 9.17) is 27.9 Å². The molecule has 1 saturated carbocycles. The molecule has 1 aliphatic carbocycles. The summed E-state index contributed by atoms with van der Waals surface area (Å²) in [5.74, 6) is 0.379. The van der Waals surface area contributed by atoms with E-state index in [1.807, 2.05) is 26.5 Å². The smallest absolute Gasteiger partial charge is 0.270 e. The Morgan fingerprint density at radius 3 is 2.34 bits per heavy atom. The predicted molar refractivity (Wildman–Crippen MR) is 131 cm³/mol. The molecule has 2 aliphatic rings. The van der Waals surface area contributed by atoms with E-state index >= 15 is 0 Å². The number of aromatic nitrogens is 1. The van der Waals surface area contributed by atoms with Crippen molar-refractivity contribution in [2.75, 3.05) is 32.8 Å². The number of rotatable bonds is 7. The van der Waals surface area contributed by atoms with Gasteiger partial charge in [0.25, 0.3) is 5.91 Å². The molecule has 0 radical (unpaired) electrons. The summed E-state index contributed by atoms with van der Waals surface area (Å²) in [4.78, 5) is 29.5. The molecule has 1 aromatic carbocycles. The molecule has 0 N–H and O–H groups in total. The van der Waals surface area contributed by atoms with Gasteiger partial charge >= 0.3 is 0 Å². The van der Waals surface area contributed by atoms with Crippen LogP contribution in [0.1, 0.15) is 23.3 Å². The minimum Gasteiger partial charge on any atom is -0.361 e. The molecule has 1 saturated heterocycles. The van der Waals surface area contributed by atoms with Crippen molar-refractivity contribution in [2.24, 2.45) is 5.92 Å². The molecule has 9 heteroatoms. The van der Waals surface area contributed by atoms with E-state index in [-0.39, 0.29) is 24.5 Å². The number of nitrogens with zero attached hydrogens (tertiary/aromatic N) is 3. The molecule has 6 nitrogen and oxygen atoms in total. The SMILES string of the molecule is C[Si](C)(C)CCOCn1c(C(=O)N2CCN(C(=O)C3CC3)CC2)cc2c(Cl)c(Cl)ccc21. The molecule has 0 unspecified atom stereocenters. The van der Waals surface area contributed by atoms with Crippen molar-refractivity contribution in [1.29, 1.82) is 0 Å². The molecule has 0 bridgehead atoms. The van der Waals surface area contributed by atoms with Crippen molar-refractivity contribution >= 4 is 54.0 Å². The zero-order valence-corrected chi connectivity index (χ0v) is 21.5. The zero-order chi connectivity index (χ0) is 23.0. The van der Waals surface area contributed by atoms with Gasteiger partial charge in [-0.1, -0.05) is 42.8 Å². The average molecular weight is 497 g/mol. The van der Waals surface area contributed by atoms with E-state index in [1.54, 1.807) is 6.07 Å². The number of benzene rings is 1.